The third-order valence-corrected chi connectivity index (χ3v) is 5.26. The largest absolute Gasteiger partial charge is 0.496 e. The van der Waals surface area contributed by atoms with Crippen LogP contribution in [-0.2, 0) is 16.0 Å². The van der Waals surface area contributed by atoms with E-state index in [1.54, 1.807) is 18.1 Å². The van der Waals surface area contributed by atoms with Crippen molar-refractivity contribution in [2.75, 3.05) is 20.2 Å². The number of carboxylic acid groups (broad SMARTS) is 1. The number of hydrogen-bond acceptors (Lipinski definition) is 4. The van der Waals surface area contributed by atoms with Crippen molar-refractivity contribution >= 4 is 11.9 Å². The van der Waals surface area contributed by atoms with Crippen LogP contribution in [0.2, 0.25) is 0 Å². The maximum Gasteiger partial charge on any atom is 0.314 e. The lowest BCUT2D eigenvalue weighted by molar-refractivity contribution is -0.167. The highest BCUT2D eigenvalue weighted by Crippen LogP contribution is 2.37. The number of rotatable bonds is 7. The molecular formula is C20H29NO5. The van der Waals surface area contributed by atoms with Crippen molar-refractivity contribution in [1.82, 2.24) is 4.90 Å². The highest BCUT2D eigenvalue weighted by atomic mass is 16.5. The quantitative estimate of drug-likeness (QED) is 0.776. The monoisotopic (exact) mass is 363 g/mol. The Labute approximate surface area is 154 Å². The molecule has 1 fully saturated rings. The Morgan fingerprint density at radius 1 is 1.35 bits per heavy atom. The van der Waals surface area contributed by atoms with Crippen molar-refractivity contribution in [3.63, 3.8) is 0 Å². The Balaban J connectivity index is 2.16. The Morgan fingerprint density at radius 2 is 2.04 bits per heavy atom. The van der Waals surface area contributed by atoms with Crippen LogP contribution in [0.5, 0.6) is 5.75 Å². The lowest BCUT2D eigenvalue weighted by atomic mass is 9.72. The standard InChI is InChI=1S/C20H29NO5/c1-14(2)8-10-20(19(24)25)13-21(11-9-17(20)22)18(23)12-15-6-4-5-7-16(15)26-3/h4-7,14,17,22H,8-13H2,1-3H3,(H,24,25)/t17-,20-/m1/s1. The number of piperidine rings is 1. The number of ether oxygens (including phenoxy) is 1. The normalized spacial score (nSPS) is 23.1. The van der Waals surface area contributed by atoms with E-state index in [0.717, 1.165) is 5.56 Å². The van der Waals surface area contributed by atoms with E-state index in [1.165, 1.54) is 0 Å². The zero-order valence-corrected chi connectivity index (χ0v) is 15.8. The van der Waals surface area contributed by atoms with Crippen LogP contribution in [0.4, 0.5) is 0 Å². The number of carboxylic acids is 1. The van der Waals surface area contributed by atoms with Crippen LogP contribution in [0.25, 0.3) is 0 Å². The van der Waals surface area contributed by atoms with E-state index in [-0.39, 0.29) is 25.3 Å². The molecule has 6 nitrogen and oxygen atoms in total. The molecule has 0 bridgehead atoms. The highest BCUT2D eigenvalue weighted by molar-refractivity contribution is 5.82. The SMILES string of the molecule is COc1ccccc1CC(=O)N1CC[C@@H](O)[C@](CCC(C)C)(C(=O)O)C1. The molecule has 144 valence electrons. The third-order valence-electron chi connectivity index (χ3n) is 5.26. The first-order chi connectivity index (χ1) is 12.3. The summed E-state index contributed by atoms with van der Waals surface area (Å²) in [5, 5.41) is 20.3. The van der Waals surface area contributed by atoms with Gasteiger partial charge in [0.25, 0.3) is 0 Å². The second-order valence-corrected chi connectivity index (χ2v) is 7.50. The maximum absolute atomic E-state index is 12.8. The topological polar surface area (TPSA) is 87.1 Å². The number of amides is 1. The molecule has 2 atom stereocenters. The minimum atomic E-state index is -1.29. The molecule has 0 spiro atoms. The van der Waals surface area contributed by atoms with Crippen LogP contribution in [0, 0.1) is 11.3 Å². The van der Waals surface area contributed by atoms with Crippen LogP contribution < -0.4 is 4.74 Å². The van der Waals surface area contributed by atoms with E-state index >= 15 is 0 Å². The van der Waals surface area contributed by atoms with Crippen LogP contribution in [0.3, 0.4) is 0 Å². The number of aliphatic hydroxyl groups is 1. The van der Waals surface area contributed by atoms with E-state index in [9.17, 15) is 19.8 Å². The molecule has 6 heteroatoms. The molecule has 0 aromatic heterocycles. The van der Waals surface area contributed by atoms with Gasteiger partial charge in [0.05, 0.1) is 19.6 Å². The molecule has 1 heterocycles. The highest BCUT2D eigenvalue weighted by Gasteiger charge is 2.49. The van der Waals surface area contributed by atoms with Gasteiger partial charge >= 0.3 is 5.97 Å². The number of methoxy groups -OCH3 is 1. The first-order valence-corrected chi connectivity index (χ1v) is 9.11. The third kappa shape index (κ3) is 4.36. The molecule has 1 aliphatic heterocycles. The summed E-state index contributed by atoms with van der Waals surface area (Å²) in [4.78, 5) is 26.4. The van der Waals surface area contributed by atoms with Gasteiger partial charge in [-0.2, -0.15) is 0 Å². The summed E-state index contributed by atoms with van der Waals surface area (Å²) in [5.74, 6) is -0.197. The van der Waals surface area contributed by atoms with E-state index in [0.29, 0.717) is 31.1 Å². The molecule has 26 heavy (non-hydrogen) atoms. The van der Waals surface area contributed by atoms with Gasteiger partial charge in [0.15, 0.2) is 0 Å². The van der Waals surface area contributed by atoms with E-state index < -0.39 is 17.5 Å². The Hall–Kier alpha value is -2.08. The van der Waals surface area contributed by atoms with Crippen LogP contribution in [-0.4, -0.2) is 53.3 Å². The minimum Gasteiger partial charge on any atom is -0.496 e. The first-order valence-electron chi connectivity index (χ1n) is 9.11. The zero-order valence-electron chi connectivity index (χ0n) is 15.8. The summed E-state index contributed by atoms with van der Waals surface area (Å²) in [6, 6.07) is 7.31. The molecule has 1 amide bonds. The van der Waals surface area contributed by atoms with Crippen LogP contribution in [0.1, 0.15) is 38.7 Å². The van der Waals surface area contributed by atoms with Gasteiger partial charge in [0.1, 0.15) is 11.2 Å². The van der Waals surface area contributed by atoms with Crippen molar-refractivity contribution in [3.05, 3.63) is 29.8 Å². The average Bonchev–Trinajstić information content (AvgIpc) is 2.61. The summed E-state index contributed by atoms with van der Waals surface area (Å²) >= 11 is 0. The number of aliphatic hydroxyl groups excluding tert-OH is 1. The lowest BCUT2D eigenvalue weighted by Crippen LogP contribution is -2.57. The fraction of sp³-hybridized carbons (Fsp3) is 0.600. The average molecular weight is 363 g/mol. The molecule has 1 saturated heterocycles. The molecular weight excluding hydrogens is 334 g/mol. The number of para-hydroxylation sites is 1. The lowest BCUT2D eigenvalue weighted by Gasteiger charge is -2.43. The summed E-state index contributed by atoms with van der Waals surface area (Å²) < 4.78 is 5.29. The van der Waals surface area contributed by atoms with Gasteiger partial charge in [-0.1, -0.05) is 32.0 Å². The molecule has 2 N–H and O–H groups in total. The smallest absolute Gasteiger partial charge is 0.314 e. The van der Waals surface area contributed by atoms with E-state index in [4.69, 9.17) is 4.74 Å². The van der Waals surface area contributed by atoms with Gasteiger partial charge in [0.2, 0.25) is 5.91 Å². The molecule has 0 radical (unpaired) electrons. The molecule has 1 aromatic carbocycles. The number of nitrogens with zero attached hydrogens (tertiary/aromatic N) is 1. The van der Waals surface area contributed by atoms with Crippen molar-refractivity contribution < 1.29 is 24.5 Å². The van der Waals surface area contributed by atoms with Crippen molar-refractivity contribution in [3.8, 4) is 5.75 Å². The fourth-order valence-corrected chi connectivity index (χ4v) is 3.53. The second-order valence-electron chi connectivity index (χ2n) is 7.50. The zero-order chi connectivity index (χ0) is 19.3. The first kappa shape index (κ1) is 20.2. The van der Waals surface area contributed by atoms with Crippen LogP contribution in [0.15, 0.2) is 24.3 Å². The van der Waals surface area contributed by atoms with Gasteiger partial charge < -0.3 is 19.8 Å². The van der Waals surface area contributed by atoms with Crippen molar-refractivity contribution in [2.24, 2.45) is 11.3 Å². The number of carbonyl (C=O) groups is 2. The van der Waals surface area contributed by atoms with E-state index in [1.807, 2.05) is 32.0 Å². The minimum absolute atomic E-state index is 0.0458. The van der Waals surface area contributed by atoms with Gasteiger partial charge in [0, 0.05) is 18.7 Å². The van der Waals surface area contributed by atoms with Crippen molar-refractivity contribution in [2.45, 2.75) is 45.6 Å². The number of carbonyl (C=O) groups excluding carboxylic acids is 1. The second kappa shape index (κ2) is 8.54. The predicted octanol–water partition coefficient (Wildman–Crippen LogP) is 2.34. The molecule has 0 unspecified atom stereocenters. The summed E-state index contributed by atoms with van der Waals surface area (Å²) in [6.45, 7) is 4.46. The summed E-state index contributed by atoms with van der Waals surface area (Å²) in [7, 11) is 1.56. The Morgan fingerprint density at radius 3 is 2.65 bits per heavy atom. The van der Waals surface area contributed by atoms with Crippen molar-refractivity contribution in [1.29, 1.82) is 0 Å². The fourth-order valence-electron chi connectivity index (χ4n) is 3.53. The number of aliphatic carboxylic acids is 1. The predicted molar refractivity (Wildman–Crippen MR) is 98.0 cm³/mol. The molecule has 1 aromatic rings. The van der Waals surface area contributed by atoms with Gasteiger partial charge in [-0.3, -0.25) is 9.59 Å². The van der Waals surface area contributed by atoms with Gasteiger partial charge in [-0.15, -0.1) is 0 Å². The summed E-state index contributed by atoms with van der Waals surface area (Å²) in [6.07, 6.45) is 0.550. The molecule has 0 aliphatic carbocycles. The number of benzene rings is 1. The molecule has 2 rings (SSSR count). The Bertz CT molecular complexity index is 645. The maximum atomic E-state index is 12.8. The Kier molecular flexibility index (Phi) is 6.64. The number of hydrogen-bond donors (Lipinski definition) is 2. The summed E-state index contributed by atoms with van der Waals surface area (Å²) in [5.41, 5.74) is -0.520. The molecule has 0 saturated carbocycles. The molecule has 1 aliphatic rings. The number of likely N-dealkylation sites (tertiary alicyclic amines) is 1. The van der Waals surface area contributed by atoms with E-state index in [2.05, 4.69) is 0 Å². The van der Waals surface area contributed by atoms with Crippen LogP contribution >= 0.6 is 0 Å². The van der Waals surface area contributed by atoms with Gasteiger partial charge in [-0.05, 0) is 31.2 Å². The van der Waals surface area contributed by atoms with Gasteiger partial charge in [-0.25, -0.2) is 0 Å².